The number of rotatable bonds is 0. The molecule has 0 atom stereocenters. The van der Waals surface area contributed by atoms with E-state index in [1.54, 1.807) is 0 Å². The molecule has 2 heterocycles. The average molecular weight is 194 g/mol. The summed E-state index contributed by atoms with van der Waals surface area (Å²) >= 11 is 0. The molecule has 1 aliphatic heterocycles. The van der Waals surface area contributed by atoms with E-state index in [2.05, 4.69) is 35.3 Å². The molecule has 0 aliphatic carbocycles. The molecule has 0 saturated heterocycles. The number of hydrogen-bond donors (Lipinski definition) is 1. The summed E-state index contributed by atoms with van der Waals surface area (Å²) in [5, 5.41) is 0. The predicted octanol–water partition coefficient (Wildman–Crippen LogP) is 1.08. The van der Waals surface area contributed by atoms with Crippen molar-refractivity contribution in [1.29, 1.82) is 0 Å². The van der Waals surface area contributed by atoms with Gasteiger partial charge in [-0.2, -0.15) is 0 Å². The van der Waals surface area contributed by atoms with E-state index in [9.17, 15) is 0 Å². The van der Waals surface area contributed by atoms with Gasteiger partial charge in [-0.25, -0.2) is 4.98 Å². The highest BCUT2D eigenvalue weighted by Crippen LogP contribution is 2.25. The third-order valence-corrected chi connectivity index (χ3v) is 3.35. The monoisotopic (exact) mass is 194 g/mol. The second-order valence-corrected chi connectivity index (χ2v) is 4.68. The summed E-state index contributed by atoms with van der Waals surface area (Å²) in [4.78, 5) is 6.49. The molecule has 78 valence electrons. The fraction of sp³-hybridized carbons (Fsp3) is 0.700. The van der Waals surface area contributed by atoms with Crippen LogP contribution in [0.5, 0.6) is 0 Å². The van der Waals surface area contributed by atoms with Gasteiger partial charge in [0.25, 0.3) is 0 Å². The number of aromatic nitrogens is 2. The SMILES string of the molecule is CN1Cc2cnc(N)n2CCC1(C)C. The first-order chi connectivity index (χ1) is 6.50. The highest BCUT2D eigenvalue weighted by Gasteiger charge is 2.28. The van der Waals surface area contributed by atoms with E-state index in [0.717, 1.165) is 19.5 Å². The first-order valence-corrected chi connectivity index (χ1v) is 5.02. The second-order valence-electron chi connectivity index (χ2n) is 4.68. The zero-order chi connectivity index (χ0) is 10.3. The number of nitrogens with two attached hydrogens (primary N) is 1. The van der Waals surface area contributed by atoms with Crippen LogP contribution in [0.2, 0.25) is 0 Å². The lowest BCUT2D eigenvalue weighted by Crippen LogP contribution is -2.39. The van der Waals surface area contributed by atoms with Gasteiger partial charge in [-0.3, -0.25) is 4.90 Å². The van der Waals surface area contributed by atoms with E-state index in [1.807, 2.05) is 6.20 Å². The van der Waals surface area contributed by atoms with Crippen molar-refractivity contribution in [1.82, 2.24) is 14.5 Å². The molecule has 0 fully saturated rings. The van der Waals surface area contributed by atoms with Crippen molar-refractivity contribution in [2.45, 2.75) is 38.9 Å². The quantitative estimate of drug-likeness (QED) is 0.672. The van der Waals surface area contributed by atoms with Crippen molar-refractivity contribution in [2.75, 3.05) is 12.8 Å². The number of nitrogens with zero attached hydrogens (tertiary/aromatic N) is 3. The molecular formula is C10H18N4. The Kier molecular flexibility index (Phi) is 2.03. The zero-order valence-corrected chi connectivity index (χ0v) is 9.12. The lowest BCUT2D eigenvalue weighted by molar-refractivity contribution is 0.144. The van der Waals surface area contributed by atoms with Gasteiger partial charge in [0.15, 0.2) is 5.95 Å². The lowest BCUT2D eigenvalue weighted by atomic mass is 9.99. The van der Waals surface area contributed by atoms with Gasteiger partial charge in [-0.15, -0.1) is 0 Å². The third-order valence-electron chi connectivity index (χ3n) is 3.35. The number of anilines is 1. The normalized spacial score (nSPS) is 21.6. The van der Waals surface area contributed by atoms with E-state index < -0.39 is 0 Å². The smallest absolute Gasteiger partial charge is 0.200 e. The van der Waals surface area contributed by atoms with Gasteiger partial charge in [-0.05, 0) is 27.3 Å². The van der Waals surface area contributed by atoms with Crippen molar-refractivity contribution in [2.24, 2.45) is 0 Å². The Morgan fingerprint density at radius 2 is 2.21 bits per heavy atom. The fourth-order valence-corrected chi connectivity index (χ4v) is 1.84. The second kappa shape index (κ2) is 2.98. The van der Waals surface area contributed by atoms with Gasteiger partial charge in [0.05, 0.1) is 11.9 Å². The van der Waals surface area contributed by atoms with Crippen LogP contribution in [0, 0.1) is 0 Å². The molecule has 2 rings (SSSR count). The standard InChI is InChI=1S/C10H18N4/c1-10(2)4-5-14-8(7-13(10)3)6-12-9(14)11/h6H,4-5,7H2,1-3H3,(H2,11,12). The topological polar surface area (TPSA) is 47.1 Å². The van der Waals surface area contributed by atoms with Crippen LogP contribution in [-0.4, -0.2) is 27.0 Å². The summed E-state index contributed by atoms with van der Waals surface area (Å²) in [5.41, 5.74) is 7.26. The molecule has 0 spiro atoms. The van der Waals surface area contributed by atoms with E-state index in [1.165, 1.54) is 5.69 Å². The predicted molar refractivity (Wildman–Crippen MR) is 56.8 cm³/mol. The number of fused-ring (bicyclic) bond motifs is 1. The molecule has 1 aromatic heterocycles. The molecule has 0 aromatic carbocycles. The highest BCUT2D eigenvalue weighted by atomic mass is 15.2. The first kappa shape index (κ1) is 9.52. The maximum atomic E-state index is 5.80. The zero-order valence-electron chi connectivity index (χ0n) is 9.12. The number of nitrogen functional groups attached to an aromatic ring is 1. The molecule has 0 saturated carbocycles. The van der Waals surface area contributed by atoms with Gasteiger partial charge < -0.3 is 10.3 Å². The minimum atomic E-state index is 0.242. The van der Waals surface area contributed by atoms with Crippen molar-refractivity contribution in [3.05, 3.63) is 11.9 Å². The lowest BCUT2D eigenvalue weighted by Gasteiger charge is -2.33. The number of hydrogen-bond acceptors (Lipinski definition) is 3. The summed E-state index contributed by atoms with van der Waals surface area (Å²) in [5.74, 6) is 0.645. The molecule has 0 radical (unpaired) electrons. The summed E-state index contributed by atoms with van der Waals surface area (Å²) < 4.78 is 2.12. The van der Waals surface area contributed by atoms with E-state index in [0.29, 0.717) is 5.95 Å². The molecule has 0 amide bonds. The largest absolute Gasteiger partial charge is 0.369 e. The molecule has 0 bridgehead atoms. The van der Waals surface area contributed by atoms with Crippen molar-refractivity contribution in [3.8, 4) is 0 Å². The molecule has 1 aliphatic rings. The molecule has 1 aromatic rings. The van der Waals surface area contributed by atoms with E-state index in [4.69, 9.17) is 5.73 Å². The van der Waals surface area contributed by atoms with Gasteiger partial charge >= 0.3 is 0 Å². The minimum Gasteiger partial charge on any atom is -0.369 e. The van der Waals surface area contributed by atoms with Crippen LogP contribution >= 0.6 is 0 Å². The van der Waals surface area contributed by atoms with E-state index >= 15 is 0 Å². The Balaban J connectivity index is 2.33. The summed E-state index contributed by atoms with van der Waals surface area (Å²) in [6, 6.07) is 0. The van der Waals surface area contributed by atoms with Gasteiger partial charge in [0.2, 0.25) is 0 Å². The Hall–Kier alpha value is -1.03. The first-order valence-electron chi connectivity index (χ1n) is 5.02. The molecule has 4 heteroatoms. The molecule has 4 nitrogen and oxygen atoms in total. The molecule has 2 N–H and O–H groups in total. The maximum Gasteiger partial charge on any atom is 0.200 e. The van der Waals surface area contributed by atoms with Crippen LogP contribution in [-0.2, 0) is 13.1 Å². The average Bonchev–Trinajstić information content (AvgIpc) is 2.38. The van der Waals surface area contributed by atoms with Crippen molar-refractivity contribution in [3.63, 3.8) is 0 Å². The minimum absolute atomic E-state index is 0.242. The summed E-state index contributed by atoms with van der Waals surface area (Å²) in [7, 11) is 2.15. The van der Waals surface area contributed by atoms with Crippen LogP contribution < -0.4 is 5.73 Å². The van der Waals surface area contributed by atoms with Crippen LogP contribution in [0.4, 0.5) is 5.95 Å². The molecule has 14 heavy (non-hydrogen) atoms. The number of imidazole rings is 1. The van der Waals surface area contributed by atoms with Crippen LogP contribution in [0.15, 0.2) is 6.20 Å². The fourth-order valence-electron chi connectivity index (χ4n) is 1.84. The van der Waals surface area contributed by atoms with Gasteiger partial charge in [0, 0.05) is 18.6 Å². The van der Waals surface area contributed by atoms with Crippen molar-refractivity contribution >= 4 is 5.95 Å². The Morgan fingerprint density at radius 1 is 1.50 bits per heavy atom. The Morgan fingerprint density at radius 3 is 2.93 bits per heavy atom. The third kappa shape index (κ3) is 1.39. The van der Waals surface area contributed by atoms with Crippen LogP contribution in [0.3, 0.4) is 0 Å². The van der Waals surface area contributed by atoms with E-state index in [-0.39, 0.29) is 5.54 Å². The Labute approximate surface area is 84.7 Å². The van der Waals surface area contributed by atoms with Crippen molar-refractivity contribution < 1.29 is 0 Å². The van der Waals surface area contributed by atoms with Gasteiger partial charge in [-0.1, -0.05) is 0 Å². The van der Waals surface area contributed by atoms with Crippen LogP contribution in [0.25, 0.3) is 0 Å². The highest BCUT2D eigenvalue weighted by molar-refractivity contribution is 5.23. The Bertz CT molecular complexity index is 340. The van der Waals surface area contributed by atoms with Crippen LogP contribution in [0.1, 0.15) is 26.0 Å². The molecular weight excluding hydrogens is 176 g/mol. The summed E-state index contributed by atoms with van der Waals surface area (Å²) in [6.45, 7) is 6.43. The van der Waals surface area contributed by atoms with Gasteiger partial charge in [0.1, 0.15) is 0 Å². The molecule has 0 unspecified atom stereocenters. The maximum absolute atomic E-state index is 5.80. The summed E-state index contributed by atoms with van der Waals surface area (Å²) in [6.07, 6.45) is 2.99.